The first-order valence-corrected chi connectivity index (χ1v) is 12.2. The van der Waals surface area contributed by atoms with E-state index in [1.54, 1.807) is 26.0 Å². The van der Waals surface area contributed by atoms with Crippen molar-refractivity contribution < 1.29 is 34.2 Å². The van der Waals surface area contributed by atoms with E-state index in [9.17, 15) is 34.2 Å². The number of carboxylic acid groups (broad SMARTS) is 1. The van der Waals surface area contributed by atoms with E-state index in [1.807, 2.05) is 13.8 Å². The molecule has 0 fully saturated rings. The van der Waals surface area contributed by atoms with Crippen LogP contribution in [0.3, 0.4) is 0 Å². The summed E-state index contributed by atoms with van der Waals surface area (Å²) in [5.41, 5.74) is 11.6. The molecule has 0 radical (unpaired) electrons. The average Bonchev–Trinajstić information content (AvgIpc) is 2.80. The third-order valence-electron chi connectivity index (χ3n) is 5.62. The number of benzene rings is 1. The number of rotatable bonds is 15. The Morgan fingerprint density at radius 1 is 0.865 bits per heavy atom. The van der Waals surface area contributed by atoms with Crippen molar-refractivity contribution in [3.05, 3.63) is 29.8 Å². The molecule has 12 heteroatoms. The molecule has 1 aromatic carbocycles. The third-order valence-corrected chi connectivity index (χ3v) is 5.62. The molecule has 0 spiro atoms. The van der Waals surface area contributed by atoms with Gasteiger partial charge in [-0.15, -0.1) is 0 Å². The number of nitrogens with two attached hydrogens (primary N) is 2. The highest BCUT2D eigenvalue weighted by Crippen LogP contribution is 2.13. The van der Waals surface area contributed by atoms with Crippen LogP contribution < -0.4 is 27.4 Å². The topological polar surface area (TPSA) is 214 Å². The van der Waals surface area contributed by atoms with Crippen molar-refractivity contribution in [1.29, 1.82) is 0 Å². The molecule has 9 N–H and O–H groups in total. The summed E-state index contributed by atoms with van der Waals surface area (Å²) in [6, 6.07) is 1.54. The summed E-state index contributed by atoms with van der Waals surface area (Å²) in [5, 5.41) is 26.7. The fourth-order valence-electron chi connectivity index (χ4n) is 3.53. The number of nitrogens with one attached hydrogen (secondary N) is 3. The first-order chi connectivity index (χ1) is 17.2. The normalized spacial score (nSPS) is 14.4. The van der Waals surface area contributed by atoms with Gasteiger partial charge in [0.25, 0.3) is 0 Å². The zero-order valence-electron chi connectivity index (χ0n) is 21.7. The van der Waals surface area contributed by atoms with Crippen molar-refractivity contribution in [2.24, 2.45) is 23.3 Å². The summed E-state index contributed by atoms with van der Waals surface area (Å²) in [6.45, 7) is 7.04. The SMILES string of the molecule is CC(C)CC(NC(=O)C(NC(=O)C(Cc1ccc(O)cc1)NC(=O)C(N)CCC(N)=O)C(C)C)C(=O)O. The Labute approximate surface area is 216 Å². The van der Waals surface area contributed by atoms with Crippen LogP contribution in [-0.2, 0) is 30.4 Å². The highest BCUT2D eigenvalue weighted by Gasteiger charge is 2.32. The summed E-state index contributed by atoms with van der Waals surface area (Å²) in [6.07, 6.45) is 0.0960. The van der Waals surface area contributed by atoms with E-state index in [-0.39, 0.29) is 37.4 Å². The molecule has 0 bridgehead atoms. The van der Waals surface area contributed by atoms with Crippen LogP contribution in [0.2, 0.25) is 0 Å². The van der Waals surface area contributed by atoms with Crippen molar-refractivity contribution in [2.75, 3.05) is 0 Å². The van der Waals surface area contributed by atoms with Crippen LogP contribution in [0.1, 0.15) is 52.5 Å². The maximum absolute atomic E-state index is 13.3. The molecule has 4 unspecified atom stereocenters. The average molecular weight is 522 g/mol. The lowest BCUT2D eigenvalue weighted by Gasteiger charge is -2.27. The molecule has 0 aliphatic rings. The minimum atomic E-state index is -1.18. The number of amides is 4. The van der Waals surface area contributed by atoms with Gasteiger partial charge >= 0.3 is 5.97 Å². The first-order valence-electron chi connectivity index (χ1n) is 12.2. The first kappa shape index (κ1) is 31.4. The van der Waals surface area contributed by atoms with Gasteiger partial charge in [-0.2, -0.15) is 0 Å². The maximum Gasteiger partial charge on any atom is 0.326 e. The second kappa shape index (κ2) is 14.8. The molecule has 0 heterocycles. The third kappa shape index (κ3) is 11.3. The number of phenols is 1. The van der Waals surface area contributed by atoms with Crippen LogP contribution in [0.25, 0.3) is 0 Å². The lowest BCUT2D eigenvalue weighted by molar-refractivity contribution is -0.143. The molecule has 0 aromatic heterocycles. The van der Waals surface area contributed by atoms with E-state index >= 15 is 0 Å². The maximum atomic E-state index is 13.3. The molecule has 1 aromatic rings. The highest BCUT2D eigenvalue weighted by atomic mass is 16.4. The molecular formula is C25H39N5O7. The van der Waals surface area contributed by atoms with Gasteiger partial charge in [0.05, 0.1) is 6.04 Å². The quantitative estimate of drug-likeness (QED) is 0.163. The van der Waals surface area contributed by atoms with Crippen LogP contribution >= 0.6 is 0 Å². The van der Waals surface area contributed by atoms with Gasteiger partial charge in [0, 0.05) is 12.8 Å². The van der Waals surface area contributed by atoms with Gasteiger partial charge in [-0.25, -0.2) is 4.79 Å². The fraction of sp³-hybridized carbons (Fsp3) is 0.560. The number of phenolic OH excluding ortho intramolecular Hbond substituents is 1. The molecular weight excluding hydrogens is 482 g/mol. The van der Waals surface area contributed by atoms with Gasteiger partial charge in [-0.05, 0) is 42.4 Å². The minimum absolute atomic E-state index is 0.0113. The van der Waals surface area contributed by atoms with Gasteiger partial charge in [0.1, 0.15) is 23.9 Å². The predicted octanol–water partition coefficient (Wildman–Crippen LogP) is -0.231. The largest absolute Gasteiger partial charge is 0.508 e. The Hall–Kier alpha value is -3.67. The number of carbonyl (C=O) groups is 5. The zero-order chi connectivity index (χ0) is 28.3. The van der Waals surface area contributed by atoms with E-state index in [4.69, 9.17) is 11.5 Å². The van der Waals surface area contributed by atoms with E-state index in [0.717, 1.165) is 0 Å². The van der Waals surface area contributed by atoms with E-state index < -0.39 is 59.7 Å². The number of carboxylic acids is 1. The van der Waals surface area contributed by atoms with Crippen molar-refractivity contribution in [3.8, 4) is 5.75 Å². The minimum Gasteiger partial charge on any atom is -0.508 e. The van der Waals surface area contributed by atoms with Crippen molar-refractivity contribution in [1.82, 2.24) is 16.0 Å². The fourth-order valence-corrected chi connectivity index (χ4v) is 3.53. The van der Waals surface area contributed by atoms with Crippen LogP contribution in [0.15, 0.2) is 24.3 Å². The molecule has 12 nitrogen and oxygen atoms in total. The van der Waals surface area contributed by atoms with Gasteiger partial charge in [0.15, 0.2) is 0 Å². The number of aromatic hydroxyl groups is 1. The Morgan fingerprint density at radius 2 is 1.43 bits per heavy atom. The van der Waals surface area contributed by atoms with Gasteiger partial charge < -0.3 is 37.6 Å². The number of hydrogen-bond acceptors (Lipinski definition) is 7. The second-order valence-corrected chi connectivity index (χ2v) is 9.80. The van der Waals surface area contributed by atoms with Crippen molar-refractivity contribution >= 4 is 29.6 Å². The summed E-state index contributed by atoms with van der Waals surface area (Å²) >= 11 is 0. The molecule has 37 heavy (non-hydrogen) atoms. The molecule has 4 atom stereocenters. The lowest BCUT2D eigenvalue weighted by atomic mass is 9.99. The zero-order valence-corrected chi connectivity index (χ0v) is 21.7. The molecule has 0 saturated carbocycles. The number of hydrogen-bond donors (Lipinski definition) is 7. The summed E-state index contributed by atoms with van der Waals surface area (Å²) in [4.78, 5) is 61.5. The highest BCUT2D eigenvalue weighted by molar-refractivity contribution is 5.94. The molecule has 1 rings (SSSR count). The van der Waals surface area contributed by atoms with Crippen molar-refractivity contribution in [2.45, 2.75) is 77.5 Å². The van der Waals surface area contributed by atoms with E-state index in [2.05, 4.69) is 16.0 Å². The monoisotopic (exact) mass is 521 g/mol. The van der Waals surface area contributed by atoms with E-state index in [0.29, 0.717) is 5.56 Å². The Balaban J connectivity index is 3.09. The Morgan fingerprint density at radius 3 is 1.92 bits per heavy atom. The van der Waals surface area contributed by atoms with Crippen molar-refractivity contribution in [3.63, 3.8) is 0 Å². The van der Waals surface area contributed by atoms with Gasteiger partial charge in [0.2, 0.25) is 23.6 Å². The van der Waals surface area contributed by atoms with Crippen LogP contribution in [0, 0.1) is 11.8 Å². The molecule has 0 aliphatic heterocycles. The molecule has 4 amide bonds. The number of carbonyl (C=O) groups excluding carboxylic acids is 4. The summed E-state index contributed by atoms with van der Waals surface area (Å²) < 4.78 is 0. The number of aliphatic carboxylic acids is 1. The summed E-state index contributed by atoms with van der Waals surface area (Å²) in [7, 11) is 0. The van der Waals surface area contributed by atoms with Crippen LogP contribution in [0.5, 0.6) is 5.75 Å². The predicted molar refractivity (Wildman–Crippen MR) is 136 cm³/mol. The Bertz CT molecular complexity index is 949. The van der Waals surface area contributed by atoms with Crippen LogP contribution in [0.4, 0.5) is 0 Å². The van der Waals surface area contributed by atoms with Gasteiger partial charge in [-0.1, -0.05) is 39.8 Å². The second-order valence-electron chi connectivity index (χ2n) is 9.80. The Kier molecular flexibility index (Phi) is 12.5. The lowest BCUT2D eigenvalue weighted by Crippen LogP contribution is -2.59. The van der Waals surface area contributed by atoms with E-state index in [1.165, 1.54) is 12.1 Å². The molecule has 0 aliphatic carbocycles. The molecule has 0 saturated heterocycles. The number of primary amides is 1. The van der Waals surface area contributed by atoms with Gasteiger partial charge in [-0.3, -0.25) is 19.2 Å². The smallest absolute Gasteiger partial charge is 0.326 e. The van der Waals surface area contributed by atoms with Crippen LogP contribution in [-0.4, -0.2) is 64.0 Å². The molecule has 206 valence electrons. The summed E-state index contributed by atoms with van der Waals surface area (Å²) in [5.74, 6) is -4.21. The standard InChI is InChI=1S/C25H39N5O7/c1-13(2)11-19(25(36)37)29-24(35)21(14(3)4)30-23(34)18(12-15-5-7-16(31)8-6-15)28-22(33)17(26)9-10-20(27)32/h5-8,13-14,17-19,21,31H,9-12,26H2,1-4H3,(H2,27,32)(H,28,33)(H,29,35)(H,30,34)(H,36,37).